The number of nitrogens with zero attached hydrogens (tertiary/aromatic N) is 5. The third-order valence-electron chi connectivity index (χ3n) is 5.45. The summed E-state index contributed by atoms with van der Waals surface area (Å²) in [6.45, 7) is 7.64. The number of hydrogen-bond acceptors (Lipinski definition) is 8. The van der Waals surface area contributed by atoms with E-state index in [0.717, 1.165) is 71.0 Å². The van der Waals surface area contributed by atoms with E-state index in [-0.39, 0.29) is 18.2 Å². The van der Waals surface area contributed by atoms with Gasteiger partial charge >= 0.3 is 12.1 Å². The van der Waals surface area contributed by atoms with Crippen LogP contribution in [0.3, 0.4) is 0 Å². The average Bonchev–Trinajstić information content (AvgIpc) is 3.20. The number of methoxy groups -OCH3 is 1. The molecule has 1 amide bonds. The Morgan fingerprint density at radius 2 is 1.93 bits per heavy atom. The van der Waals surface area contributed by atoms with Crippen LogP contribution >= 0.6 is 0 Å². The van der Waals surface area contributed by atoms with Crippen molar-refractivity contribution in [2.75, 3.05) is 59.6 Å². The number of ether oxygens (including phenoxy) is 3. The Bertz CT molecular complexity index is 637. The maximum Gasteiger partial charge on any atom is 0.410 e. The van der Waals surface area contributed by atoms with E-state index in [0.29, 0.717) is 6.01 Å². The van der Waals surface area contributed by atoms with Crippen LogP contribution in [-0.2, 0) is 16.0 Å². The topological polar surface area (TPSA) is 80.3 Å². The van der Waals surface area contributed by atoms with E-state index < -0.39 is 0 Å². The Morgan fingerprint density at radius 3 is 2.67 bits per heavy atom. The highest BCUT2D eigenvalue weighted by atomic mass is 16.6. The smallest absolute Gasteiger partial charge is 0.410 e. The Kier molecular flexibility index (Phi) is 5.70. The van der Waals surface area contributed by atoms with Gasteiger partial charge in [0, 0.05) is 63.8 Å². The zero-order valence-electron chi connectivity index (χ0n) is 15.7. The first-order chi connectivity index (χ1) is 13.2. The van der Waals surface area contributed by atoms with Crippen LogP contribution in [0, 0.1) is 0 Å². The van der Waals surface area contributed by atoms with Crippen molar-refractivity contribution in [3.63, 3.8) is 0 Å². The van der Waals surface area contributed by atoms with Crippen molar-refractivity contribution in [2.24, 2.45) is 0 Å². The molecule has 2 atom stereocenters. The van der Waals surface area contributed by atoms with Gasteiger partial charge in [-0.05, 0) is 6.42 Å². The Balaban J connectivity index is 1.27. The summed E-state index contributed by atoms with van der Waals surface area (Å²) in [6, 6.07) is 0.513. The minimum absolute atomic E-state index is 0.0416. The average molecular weight is 377 g/mol. The largest absolute Gasteiger partial charge is 0.467 e. The van der Waals surface area contributed by atoms with Crippen molar-refractivity contribution in [2.45, 2.75) is 25.1 Å². The predicted molar refractivity (Wildman–Crippen MR) is 96.5 cm³/mol. The summed E-state index contributed by atoms with van der Waals surface area (Å²) in [5.41, 5.74) is 1.03. The third kappa shape index (κ3) is 4.31. The first-order valence-electron chi connectivity index (χ1n) is 9.57. The molecule has 0 aromatic carbocycles. The lowest BCUT2D eigenvalue weighted by Gasteiger charge is -2.28. The number of morpholine rings is 1. The molecular formula is C18H27N5O4. The Morgan fingerprint density at radius 1 is 1.15 bits per heavy atom. The fourth-order valence-corrected chi connectivity index (χ4v) is 4.04. The van der Waals surface area contributed by atoms with Crippen molar-refractivity contribution in [1.82, 2.24) is 24.7 Å². The molecule has 0 N–H and O–H groups in total. The molecule has 4 heterocycles. The van der Waals surface area contributed by atoms with Crippen LogP contribution < -0.4 is 4.74 Å². The monoisotopic (exact) mass is 377 g/mol. The molecule has 3 aliphatic rings. The maximum atomic E-state index is 12.2. The number of hydrogen-bond donors (Lipinski definition) is 0. The van der Waals surface area contributed by atoms with E-state index in [1.165, 1.54) is 0 Å². The quantitative estimate of drug-likeness (QED) is 0.667. The van der Waals surface area contributed by atoms with E-state index >= 15 is 0 Å². The molecule has 0 bridgehead atoms. The first-order valence-corrected chi connectivity index (χ1v) is 9.57. The molecule has 148 valence electrons. The molecule has 0 saturated carbocycles. The van der Waals surface area contributed by atoms with Gasteiger partial charge in [-0.15, -0.1) is 0 Å². The number of aromatic nitrogens is 2. The summed E-state index contributed by atoms with van der Waals surface area (Å²) in [7, 11) is 1.55. The van der Waals surface area contributed by atoms with Crippen LogP contribution in [-0.4, -0.2) is 102 Å². The van der Waals surface area contributed by atoms with Crippen molar-refractivity contribution in [1.29, 1.82) is 0 Å². The molecule has 3 saturated heterocycles. The zero-order chi connectivity index (χ0) is 18.6. The standard InChI is InChI=1S/C18H27N5O4/c1-25-17-19-9-14(10-20-17)11-22-12-15-16(13-22)27-18(24)23(15)4-2-3-21-5-7-26-8-6-21/h9-10,15-16H,2-8,11-13H2,1H3/t15-,16+/m1/s1. The molecule has 3 fully saturated rings. The fraction of sp³-hybridized carbons (Fsp3) is 0.722. The number of amides is 1. The summed E-state index contributed by atoms with van der Waals surface area (Å²) in [6.07, 6.45) is 4.32. The molecule has 0 spiro atoms. The highest BCUT2D eigenvalue weighted by Gasteiger charge is 2.47. The van der Waals surface area contributed by atoms with Gasteiger partial charge in [-0.2, -0.15) is 0 Å². The second-order valence-electron chi connectivity index (χ2n) is 7.26. The van der Waals surface area contributed by atoms with E-state index in [4.69, 9.17) is 14.2 Å². The summed E-state index contributed by atoms with van der Waals surface area (Å²) in [5, 5.41) is 0. The van der Waals surface area contributed by atoms with Crippen molar-refractivity contribution in [3.05, 3.63) is 18.0 Å². The first kappa shape index (κ1) is 18.4. The third-order valence-corrected chi connectivity index (χ3v) is 5.45. The van der Waals surface area contributed by atoms with Crippen LogP contribution in [0.1, 0.15) is 12.0 Å². The van der Waals surface area contributed by atoms with Crippen molar-refractivity contribution >= 4 is 6.09 Å². The highest BCUT2D eigenvalue weighted by Crippen LogP contribution is 2.28. The van der Waals surface area contributed by atoms with Gasteiger partial charge < -0.3 is 19.1 Å². The van der Waals surface area contributed by atoms with E-state index in [1.807, 2.05) is 4.90 Å². The lowest BCUT2D eigenvalue weighted by Crippen LogP contribution is -2.41. The van der Waals surface area contributed by atoms with Gasteiger partial charge in [-0.3, -0.25) is 9.80 Å². The summed E-state index contributed by atoms with van der Waals surface area (Å²) >= 11 is 0. The molecule has 27 heavy (non-hydrogen) atoms. The number of carbonyl (C=O) groups excluding carboxylic acids is 1. The molecule has 0 unspecified atom stereocenters. The van der Waals surface area contributed by atoms with Gasteiger partial charge in [0.1, 0.15) is 6.10 Å². The number of carbonyl (C=O) groups is 1. The minimum atomic E-state index is -0.167. The van der Waals surface area contributed by atoms with Crippen LogP contribution in [0.2, 0.25) is 0 Å². The normalized spacial score (nSPS) is 26.3. The van der Waals surface area contributed by atoms with E-state index in [2.05, 4.69) is 19.8 Å². The van der Waals surface area contributed by atoms with Gasteiger partial charge in [-0.1, -0.05) is 0 Å². The Hall–Kier alpha value is -1.97. The van der Waals surface area contributed by atoms with Crippen molar-refractivity contribution in [3.8, 4) is 6.01 Å². The highest BCUT2D eigenvalue weighted by molar-refractivity contribution is 5.71. The maximum absolute atomic E-state index is 12.2. The molecule has 1 aromatic rings. The second kappa shape index (κ2) is 8.37. The zero-order valence-corrected chi connectivity index (χ0v) is 15.7. The molecular weight excluding hydrogens is 350 g/mol. The van der Waals surface area contributed by atoms with E-state index in [9.17, 15) is 4.79 Å². The van der Waals surface area contributed by atoms with Crippen LogP contribution in [0.25, 0.3) is 0 Å². The molecule has 4 rings (SSSR count). The fourth-order valence-electron chi connectivity index (χ4n) is 4.04. The van der Waals surface area contributed by atoms with Crippen LogP contribution in [0.15, 0.2) is 12.4 Å². The van der Waals surface area contributed by atoms with Gasteiger partial charge in [0.25, 0.3) is 0 Å². The number of rotatable bonds is 7. The van der Waals surface area contributed by atoms with Gasteiger partial charge in [-0.25, -0.2) is 14.8 Å². The van der Waals surface area contributed by atoms with Gasteiger partial charge in [0.05, 0.1) is 26.4 Å². The molecule has 0 aliphatic carbocycles. The molecule has 0 radical (unpaired) electrons. The summed E-state index contributed by atoms with van der Waals surface area (Å²) < 4.78 is 16.0. The number of fused-ring (bicyclic) bond motifs is 1. The van der Waals surface area contributed by atoms with Crippen molar-refractivity contribution < 1.29 is 19.0 Å². The van der Waals surface area contributed by atoms with Gasteiger partial charge in [0.2, 0.25) is 0 Å². The van der Waals surface area contributed by atoms with Crippen LogP contribution in [0.5, 0.6) is 6.01 Å². The molecule has 3 aliphatic heterocycles. The Labute approximate surface area is 159 Å². The molecule has 9 nitrogen and oxygen atoms in total. The second-order valence-corrected chi connectivity index (χ2v) is 7.26. The minimum Gasteiger partial charge on any atom is -0.467 e. The van der Waals surface area contributed by atoms with E-state index in [1.54, 1.807) is 19.5 Å². The number of likely N-dealkylation sites (tertiary alicyclic amines) is 1. The summed E-state index contributed by atoms with van der Waals surface area (Å²) in [5.74, 6) is 0. The molecule has 9 heteroatoms. The van der Waals surface area contributed by atoms with Crippen LogP contribution in [0.4, 0.5) is 4.79 Å². The van der Waals surface area contributed by atoms with Gasteiger partial charge in [0.15, 0.2) is 0 Å². The lowest BCUT2D eigenvalue weighted by molar-refractivity contribution is 0.0362. The summed E-state index contributed by atoms with van der Waals surface area (Å²) in [4.78, 5) is 27.1. The SMILES string of the molecule is COc1ncc(CN2C[C@@H]3OC(=O)N(CCCN4CCOCC4)[C@@H]3C2)cn1. The predicted octanol–water partition coefficient (Wildman–Crippen LogP) is 0.213. The lowest BCUT2D eigenvalue weighted by atomic mass is 10.2. The molecule has 1 aromatic heterocycles.